The number of esters is 1. The number of rotatable bonds is 5. The minimum atomic E-state index is -0.489. The second-order valence-corrected chi connectivity index (χ2v) is 5.41. The van der Waals surface area contributed by atoms with E-state index in [0.29, 0.717) is 17.9 Å². The van der Waals surface area contributed by atoms with Gasteiger partial charge >= 0.3 is 5.97 Å². The molecule has 1 atom stereocenters. The van der Waals surface area contributed by atoms with Gasteiger partial charge in [-0.25, -0.2) is 9.69 Å². The Hall–Kier alpha value is -2.21. The number of hydrogen-bond donors (Lipinski definition) is 1. The molecule has 1 aromatic carbocycles. The molecule has 1 saturated heterocycles. The molecular weight excluding hydrogens is 284 g/mol. The second-order valence-electron chi connectivity index (χ2n) is 5.41. The van der Waals surface area contributed by atoms with Crippen molar-refractivity contribution in [3.05, 3.63) is 29.8 Å². The van der Waals surface area contributed by atoms with Gasteiger partial charge < -0.3 is 10.1 Å². The fraction of sp³-hybridized carbons (Fsp3) is 0.438. The number of amides is 2. The number of nitrogens with one attached hydrogen (secondary N) is 1. The molecule has 0 bridgehead atoms. The van der Waals surface area contributed by atoms with E-state index in [2.05, 4.69) is 5.32 Å². The van der Waals surface area contributed by atoms with Crippen molar-refractivity contribution in [1.29, 1.82) is 0 Å². The molecule has 1 aromatic rings. The molecule has 0 spiro atoms. The smallest absolute Gasteiger partial charge is 0.338 e. The summed E-state index contributed by atoms with van der Waals surface area (Å²) in [7, 11) is 0. The van der Waals surface area contributed by atoms with Gasteiger partial charge in [-0.2, -0.15) is 0 Å². The van der Waals surface area contributed by atoms with Gasteiger partial charge in [0.15, 0.2) is 0 Å². The summed E-state index contributed by atoms with van der Waals surface area (Å²) in [5.41, 5.74) is 0.859. The molecule has 1 aliphatic rings. The van der Waals surface area contributed by atoms with Crippen molar-refractivity contribution in [1.82, 2.24) is 5.32 Å². The van der Waals surface area contributed by atoms with Crippen LogP contribution in [0.1, 0.15) is 37.6 Å². The lowest BCUT2D eigenvalue weighted by Gasteiger charge is -2.17. The van der Waals surface area contributed by atoms with Crippen molar-refractivity contribution in [2.24, 2.45) is 0 Å². The molecular formula is C16H20N2O4. The minimum Gasteiger partial charge on any atom is -0.462 e. The lowest BCUT2D eigenvalue weighted by Crippen LogP contribution is -2.41. The normalized spacial score (nSPS) is 18.2. The fourth-order valence-electron chi connectivity index (χ4n) is 2.40. The van der Waals surface area contributed by atoms with Gasteiger partial charge in [-0.15, -0.1) is 0 Å². The molecule has 2 rings (SSSR count). The molecule has 0 radical (unpaired) electrons. The Bertz CT molecular complexity index is 580. The number of hydrogen-bond acceptors (Lipinski definition) is 5. The van der Waals surface area contributed by atoms with E-state index in [1.165, 1.54) is 0 Å². The lowest BCUT2D eigenvalue weighted by molar-refractivity contribution is -0.121. The van der Waals surface area contributed by atoms with Crippen LogP contribution in [0, 0.1) is 0 Å². The summed E-state index contributed by atoms with van der Waals surface area (Å²) < 4.78 is 4.90. The number of carbonyl (C=O) groups is 3. The molecule has 1 heterocycles. The van der Waals surface area contributed by atoms with Crippen LogP contribution in [0.4, 0.5) is 5.69 Å². The van der Waals surface area contributed by atoms with Crippen LogP contribution in [0.15, 0.2) is 24.3 Å². The highest BCUT2D eigenvalue weighted by Gasteiger charge is 2.39. The van der Waals surface area contributed by atoms with Crippen molar-refractivity contribution in [2.45, 2.75) is 39.3 Å². The molecule has 6 heteroatoms. The van der Waals surface area contributed by atoms with E-state index < -0.39 is 12.0 Å². The third kappa shape index (κ3) is 3.33. The van der Waals surface area contributed by atoms with E-state index in [1.54, 1.807) is 31.2 Å². The Kier molecular flexibility index (Phi) is 4.92. The maximum atomic E-state index is 12.3. The maximum absolute atomic E-state index is 12.3. The van der Waals surface area contributed by atoms with Gasteiger partial charge in [0.05, 0.1) is 30.3 Å². The van der Waals surface area contributed by atoms with Crippen molar-refractivity contribution >= 4 is 23.5 Å². The summed E-state index contributed by atoms with van der Waals surface area (Å²) in [5.74, 6) is -0.929. The number of imide groups is 1. The van der Waals surface area contributed by atoms with Gasteiger partial charge in [0.2, 0.25) is 5.91 Å². The first-order valence-electron chi connectivity index (χ1n) is 7.34. The van der Waals surface area contributed by atoms with E-state index >= 15 is 0 Å². The molecule has 2 amide bonds. The van der Waals surface area contributed by atoms with Crippen molar-refractivity contribution in [2.75, 3.05) is 11.5 Å². The van der Waals surface area contributed by atoms with E-state index in [1.807, 2.05) is 13.8 Å². The third-order valence-electron chi connectivity index (χ3n) is 3.32. The predicted octanol–water partition coefficient (Wildman–Crippen LogP) is 1.49. The van der Waals surface area contributed by atoms with Crippen molar-refractivity contribution in [3.63, 3.8) is 0 Å². The Morgan fingerprint density at radius 3 is 2.50 bits per heavy atom. The summed E-state index contributed by atoms with van der Waals surface area (Å²) in [6, 6.07) is 5.90. The SMILES string of the molecule is CCOC(=O)c1ccc(N2C(=O)C[C@H](NC(C)C)C2=O)cc1. The van der Waals surface area contributed by atoms with Gasteiger partial charge in [0.25, 0.3) is 5.91 Å². The summed E-state index contributed by atoms with van der Waals surface area (Å²) in [6.45, 7) is 5.88. The van der Waals surface area contributed by atoms with Crippen LogP contribution in [0.5, 0.6) is 0 Å². The summed E-state index contributed by atoms with van der Waals surface area (Å²) in [5, 5.41) is 3.08. The number of nitrogens with zero attached hydrogens (tertiary/aromatic N) is 1. The molecule has 1 aliphatic heterocycles. The zero-order valence-corrected chi connectivity index (χ0v) is 13.0. The highest BCUT2D eigenvalue weighted by molar-refractivity contribution is 6.22. The maximum Gasteiger partial charge on any atom is 0.338 e. The highest BCUT2D eigenvalue weighted by atomic mass is 16.5. The van der Waals surface area contributed by atoms with Crippen LogP contribution >= 0.6 is 0 Å². The van der Waals surface area contributed by atoms with Crippen molar-refractivity contribution in [3.8, 4) is 0 Å². The fourth-order valence-corrected chi connectivity index (χ4v) is 2.40. The van der Waals surface area contributed by atoms with Crippen LogP contribution in [0.3, 0.4) is 0 Å². The number of ether oxygens (including phenoxy) is 1. The Morgan fingerprint density at radius 2 is 1.95 bits per heavy atom. The molecule has 22 heavy (non-hydrogen) atoms. The van der Waals surface area contributed by atoms with E-state index in [0.717, 1.165) is 4.90 Å². The van der Waals surface area contributed by atoms with Crippen LogP contribution in [0.2, 0.25) is 0 Å². The third-order valence-corrected chi connectivity index (χ3v) is 3.32. The average Bonchev–Trinajstić information content (AvgIpc) is 2.73. The standard InChI is InChI=1S/C16H20N2O4/c1-4-22-16(21)11-5-7-12(8-6-11)18-14(19)9-13(15(18)20)17-10(2)3/h5-8,10,13,17H,4,9H2,1-3H3/t13-/m0/s1. The molecule has 0 saturated carbocycles. The predicted molar refractivity (Wildman–Crippen MR) is 81.6 cm³/mol. The molecule has 1 fully saturated rings. The van der Waals surface area contributed by atoms with Gasteiger partial charge in [-0.3, -0.25) is 9.59 Å². The van der Waals surface area contributed by atoms with Crippen LogP contribution in [0.25, 0.3) is 0 Å². The van der Waals surface area contributed by atoms with Gasteiger partial charge in [-0.05, 0) is 31.2 Å². The van der Waals surface area contributed by atoms with E-state index in [4.69, 9.17) is 4.74 Å². The quantitative estimate of drug-likeness (QED) is 0.659. The Morgan fingerprint density at radius 1 is 1.32 bits per heavy atom. The zero-order valence-electron chi connectivity index (χ0n) is 13.0. The van der Waals surface area contributed by atoms with Gasteiger partial charge in [0, 0.05) is 6.04 Å². The molecule has 0 aromatic heterocycles. The first-order valence-corrected chi connectivity index (χ1v) is 7.34. The summed E-state index contributed by atoms with van der Waals surface area (Å²) >= 11 is 0. The Labute approximate surface area is 129 Å². The second kappa shape index (κ2) is 6.70. The van der Waals surface area contributed by atoms with Crippen LogP contribution in [-0.4, -0.2) is 36.5 Å². The van der Waals surface area contributed by atoms with E-state index in [-0.39, 0.29) is 24.3 Å². The number of carbonyl (C=O) groups excluding carboxylic acids is 3. The first kappa shape index (κ1) is 16.2. The molecule has 6 nitrogen and oxygen atoms in total. The molecule has 1 N–H and O–H groups in total. The van der Waals surface area contributed by atoms with E-state index in [9.17, 15) is 14.4 Å². The van der Waals surface area contributed by atoms with Gasteiger partial charge in [0.1, 0.15) is 0 Å². The Balaban J connectivity index is 2.16. The number of benzene rings is 1. The number of anilines is 1. The lowest BCUT2D eigenvalue weighted by atomic mass is 10.2. The highest BCUT2D eigenvalue weighted by Crippen LogP contribution is 2.23. The van der Waals surface area contributed by atoms with Crippen LogP contribution < -0.4 is 10.2 Å². The zero-order chi connectivity index (χ0) is 16.3. The summed E-state index contributed by atoms with van der Waals surface area (Å²) in [6.07, 6.45) is 0.149. The summed E-state index contributed by atoms with van der Waals surface area (Å²) in [4.78, 5) is 37.2. The first-order chi connectivity index (χ1) is 10.4. The van der Waals surface area contributed by atoms with Crippen LogP contribution in [-0.2, 0) is 14.3 Å². The molecule has 0 aliphatic carbocycles. The molecule has 0 unspecified atom stereocenters. The van der Waals surface area contributed by atoms with Crippen molar-refractivity contribution < 1.29 is 19.1 Å². The monoisotopic (exact) mass is 304 g/mol. The average molecular weight is 304 g/mol. The largest absolute Gasteiger partial charge is 0.462 e. The topological polar surface area (TPSA) is 75.7 Å². The molecule has 118 valence electrons. The van der Waals surface area contributed by atoms with Gasteiger partial charge in [-0.1, -0.05) is 13.8 Å². The minimum absolute atomic E-state index is 0.118.